The van der Waals surface area contributed by atoms with Crippen LogP contribution in [-0.4, -0.2) is 19.2 Å². The second-order valence-electron chi connectivity index (χ2n) is 4.81. The summed E-state index contributed by atoms with van der Waals surface area (Å²) in [6.07, 6.45) is 3.61. The highest BCUT2D eigenvalue weighted by Gasteiger charge is 1.98. The van der Waals surface area contributed by atoms with Crippen LogP contribution in [0.3, 0.4) is 0 Å². The summed E-state index contributed by atoms with van der Waals surface area (Å²) in [6.45, 7) is 7.03. The molecule has 0 radical (unpaired) electrons. The van der Waals surface area contributed by atoms with Crippen molar-refractivity contribution in [3.63, 3.8) is 0 Å². The molecule has 1 N–H and O–H groups in total. The molecule has 3 heteroatoms. The summed E-state index contributed by atoms with van der Waals surface area (Å²) >= 11 is 3.52. The van der Waals surface area contributed by atoms with Crippen molar-refractivity contribution in [1.29, 1.82) is 0 Å². The fraction of sp³-hybridized carbons (Fsp3) is 0.600. The van der Waals surface area contributed by atoms with Gasteiger partial charge in [-0.15, -0.1) is 0 Å². The summed E-state index contributed by atoms with van der Waals surface area (Å²) in [5.74, 6) is 0. The number of ether oxygens (including phenoxy) is 1. The number of hydrogen-bond acceptors (Lipinski definition) is 2. The van der Waals surface area contributed by atoms with Gasteiger partial charge in [-0.2, -0.15) is 0 Å². The van der Waals surface area contributed by atoms with Gasteiger partial charge in [0.15, 0.2) is 0 Å². The summed E-state index contributed by atoms with van der Waals surface area (Å²) < 4.78 is 6.81. The number of nitrogens with one attached hydrogen (secondary N) is 1. The lowest BCUT2D eigenvalue weighted by atomic mass is 10.2. The van der Waals surface area contributed by atoms with Crippen molar-refractivity contribution >= 4 is 15.9 Å². The molecule has 2 nitrogen and oxygen atoms in total. The average Bonchev–Trinajstić information content (AvgIpc) is 2.34. The van der Waals surface area contributed by atoms with Gasteiger partial charge in [0.2, 0.25) is 0 Å². The topological polar surface area (TPSA) is 21.3 Å². The average molecular weight is 314 g/mol. The normalized spacial score (nSPS) is 11.1. The molecule has 0 bridgehead atoms. The van der Waals surface area contributed by atoms with Crippen molar-refractivity contribution in [3.05, 3.63) is 34.3 Å². The lowest BCUT2D eigenvalue weighted by molar-refractivity contribution is 0.116. The zero-order valence-corrected chi connectivity index (χ0v) is 13.0. The first-order chi connectivity index (χ1) is 8.70. The third kappa shape index (κ3) is 7.14. The van der Waals surface area contributed by atoms with Gasteiger partial charge in [0.25, 0.3) is 0 Å². The maximum atomic E-state index is 5.68. The summed E-state index contributed by atoms with van der Waals surface area (Å²) in [4.78, 5) is 0. The van der Waals surface area contributed by atoms with Gasteiger partial charge in [0.05, 0.1) is 6.61 Å². The Morgan fingerprint density at radius 1 is 1.17 bits per heavy atom. The molecule has 102 valence electrons. The predicted octanol–water partition coefficient (Wildman–Crippen LogP) is 4.13. The van der Waals surface area contributed by atoms with Crippen LogP contribution in [0.15, 0.2) is 28.7 Å². The summed E-state index contributed by atoms with van der Waals surface area (Å²) in [6, 6.07) is 8.81. The van der Waals surface area contributed by atoms with Gasteiger partial charge in [-0.05, 0) is 37.4 Å². The zero-order valence-electron chi connectivity index (χ0n) is 11.4. The molecule has 0 saturated heterocycles. The molecule has 18 heavy (non-hydrogen) atoms. The molecule has 0 aliphatic heterocycles. The number of hydrogen-bond donors (Lipinski definition) is 1. The van der Waals surface area contributed by atoms with Crippen molar-refractivity contribution in [1.82, 2.24) is 5.32 Å². The standard InChI is InChI=1S/C15H24BrNO/c1-13(2)17-10-6-3-7-11-18-12-14-8-4-5-9-15(14)16/h4-5,8-9,13,17H,3,6-7,10-12H2,1-2H3. The molecular formula is C15H24BrNO. The van der Waals surface area contributed by atoms with Crippen LogP contribution >= 0.6 is 15.9 Å². The Morgan fingerprint density at radius 2 is 1.94 bits per heavy atom. The summed E-state index contributed by atoms with van der Waals surface area (Å²) in [5, 5.41) is 3.42. The zero-order chi connectivity index (χ0) is 13.2. The Kier molecular flexibility index (Phi) is 8.31. The molecule has 0 aromatic heterocycles. The van der Waals surface area contributed by atoms with Crippen LogP contribution in [0.25, 0.3) is 0 Å². The van der Waals surface area contributed by atoms with Crippen LogP contribution in [0.2, 0.25) is 0 Å². The first-order valence-electron chi connectivity index (χ1n) is 6.74. The Hall–Kier alpha value is -0.380. The minimum absolute atomic E-state index is 0.594. The largest absolute Gasteiger partial charge is 0.377 e. The maximum Gasteiger partial charge on any atom is 0.0727 e. The number of halogens is 1. The third-order valence-corrected chi connectivity index (χ3v) is 3.51. The lowest BCUT2D eigenvalue weighted by Crippen LogP contribution is -2.23. The van der Waals surface area contributed by atoms with Crippen LogP contribution in [0, 0.1) is 0 Å². The summed E-state index contributed by atoms with van der Waals surface area (Å²) in [7, 11) is 0. The van der Waals surface area contributed by atoms with E-state index in [1.807, 2.05) is 12.1 Å². The SMILES string of the molecule is CC(C)NCCCCCOCc1ccccc1Br. The fourth-order valence-corrected chi connectivity index (χ4v) is 2.09. The van der Waals surface area contributed by atoms with Gasteiger partial charge in [0.1, 0.15) is 0 Å². The first kappa shape index (κ1) is 15.7. The van der Waals surface area contributed by atoms with Gasteiger partial charge < -0.3 is 10.1 Å². The van der Waals surface area contributed by atoms with E-state index >= 15 is 0 Å². The molecule has 0 amide bonds. The van der Waals surface area contributed by atoms with Gasteiger partial charge in [-0.1, -0.05) is 48.0 Å². The van der Waals surface area contributed by atoms with E-state index in [2.05, 4.69) is 47.2 Å². The van der Waals surface area contributed by atoms with E-state index in [0.29, 0.717) is 12.6 Å². The van der Waals surface area contributed by atoms with E-state index in [9.17, 15) is 0 Å². The number of benzene rings is 1. The molecule has 1 rings (SSSR count). The van der Waals surface area contributed by atoms with Crippen LogP contribution in [0.1, 0.15) is 38.7 Å². The molecule has 0 atom stereocenters. The Bertz CT molecular complexity index is 328. The third-order valence-electron chi connectivity index (χ3n) is 2.73. The van der Waals surface area contributed by atoms with E-state index in [1.54, 1.807) is 0 Å². The van der Waals surface area contributed by atoms with E-state index in [0.717, 1.165) is 24.0 Å². The van der Waals surface area contributed by atoms with E-state index in [1.165, 1.54) is 18.4 Å². The molecule has 1 aromatic carbocycles. The quantitative estimate of drug-likeness (QED) is 0.692. The highest BCUT2D eigenvalue weighted by Crippen LogP contribution is 2.16. The van der Waals surface area contributed by atoms with Crippen LogP contribution in [0.5, 0.6) is 0 Å². The monoisotopic (exact) mass is 313 g/mol. The van der Waals surface area contributed by atoms with Crippen LogP contribution in [-0.2, 0) is 11.3 Å². The van der Waals surface area contributed by atoms with Crippen LogP contribution in [0.4, 0.5) is 0 Å². The minimum Gasteiger partial charge on any atom is -0.377 e. The van der Waals surface area contributed by atoms with Gasteiger partial charge in [-0.25, -0.2) is 0 Å². The number of unbranched alkanes of at least 4 members (excludes halogenated alkanes) is 2. The molecule has 0 spiro atoms. The second-order valence-corrected chi connectivity index (χ2v) is 5.67. The first-order valence-corrected chi connectivity index (χ1v) is 7.54. The lowest BCUT2D eigenvalue weighted by Gasteiger charge is -2.08. The van der Waals surface area contributed by atoms with Crippen molar-refractivity contribution in [3.8, 4) is 0 Å². The molecule has 0 heterocycles. The predicted molar refractivity (Wildman–Crippen MR) is 80.8 cm³/mol. The van der Waals surface area contributed by atoms with Crippen molar-refractivity contribution in [2.75, 3.05) is 13.2 Å². The van der Waals surface area contributed by atoms with Gasteiger partial charge >= 0.3 is 0 Å². The molecular weight excluding hydrogens is 290 g/mol. The Balaban J connectivity index is 1.98. The molecule has 1 aromatic rings. The van der Waals surface area contributed by atoms with E-state index < -0.39 is 0 Å². The fourth-order valence-electron chi connectivity index (χ4n) is 1.69. The van der Waals surface area contributed by atoms with E-state index in [4.69, 9.17) is 4.74 Å². The Labute approximate surface area is 119 Å². The Morgan fingerprint density at radius 3 is 2.67 bits per heavy atom. The molecule has 0 unspecified atom stereocenters. The van der Waals surface area contributed by atoms with Gasteiger partial charge in [-0.3, -0.25) is 0 Å². The summed E-state index contributed by atoms with van der Waals surface area (Å²) in [5.41, 5.74) is 1.22. The van der Waals surface area contributed by atoms with Crippen molar-refractivity contribution in [2.24, 2.45) is 0 Å². The molecule has 0 saturated carbocycles. The van der Waals surface area contributed by atoms with Crippen molar-refractivity contribution in [2.45, 2.75) is 45.8 Å². The smallest absolute Gasteiger partial charge is 0.0727 e. The number of rotatable bonds is 9. The minimum atomic E-state index is 0.594. The van der Waals surface area contributed by atoms with Gasteiger partial charge in [0, 0.05) is 17.1 Å². The maximum absolute atomic E-state index is 5.68. The van der Waals surface area contributed by atoms with Crippen LogP contribution < -0.4 is 5.32 Å². The second kappa shape index (κ2) is 9.54. The molecule has 0 aliphatic carbocycles. The van der Waals surface area contributed by atoms with Crippen molar-refractivity contribution < 1.29 is 4.74 Å². The molecule has 0 aliphatic rings. The highest BCUT2D eigenvalue weighted by atomic mass is 79.9. The van der Waals surface area contributed by atoms with E-state index in [-0.39, 0.29) is 0 Å². The molecule has 0 fully saturated rings. The highest BCUT2D eigenvalue weighted by molar-refractivity contribution is 9.10.